The Labute approximate surface area is 157 Å². The Morgan fingerprint density at radius 1 is 1.04 bits per heavy atom. The SMILES string of the molecule is N#Cc1cccnc1N1CCN(Cc2nc(Cc3ccccc3)no2)CC1. The van der Waals surface area contributed by atoms with E-state index < -0.39 is 0 Å². The van der Waals surface area contributed by atoms with Crippen molar-refractivity contribution in [1.82, 2.24) is 20.0 Å². The Morgan fingerprint density at radius 3 is 2.63 bits per heavy atom. The van der Waals surface area contributed by atoms with Crippen LogP contribution >= 0.6 is 0 Å². The van der Waals surface area contributed by atoms with Gasteiger partial charge in [0.1, 0.15) is 11.9 Å². The molecular weight excluding hydrogens is 340 g/mol. The molecule has 1 saturated heterocycles. The molecule has 1 aliphatic rings. The molecule has 0 bridgehead atoms. The summed E-state index contributed by atoms with van der Waals surface area (Å²) in [5.41, 5.74) is 1.79. The van der Waals surface area contributed by atoms with E-state index in [0.717, 1.165) is 32.0 Å². The first-order valence-electron chi connectivity index (χ1n) is 8.99. The fourth-order valence-corrected chi connectivity index (χ4v) is 3.25. The average molecular weight is 360 g/mol. The van der Waals surface area contributed by atoms with Crippen LogP contribution in [-0.2, 0) is 13.0 Å². The summed E-state index contributed by atoms with van der Waals surface area (Å²) >= 11 is 0. The molecule has 3 aromatic rings. The largest absolute Gasteiger partial charge is 0.353 e. The molecule has 2 aromatic heterocycles. The Balaban J connectivity index is 1.33. The summed E-state index contributed by atoms with van der Waals surface area (Å²) in [6.45, 7) is 3.99. The first kappa shape index (κ1) is 17.2. The summed E-state index contributed by atoms with van der Waals surface area (Å²) in [7, 11) is 0. The first-order valence-corrected chi connectivity index (χ1v) is 8.99. The second-order valence-electron chi connectivity index (χ2n) is 6.52. The van der Waals surface area contributed by atoms with Gasteiger partial charge in [-0.3, -0.25) is 4.90 Å². The van der Waals surface area contributed by atoms with Gasteiger partial charge in [0.15, 0.2) is 5.82 Å². The van der Waals surface area contributed by atoms with Crippen molar-refractivity contribution in [3.8, 4) is 6.07 Å². The van der Waals surface area contributed by atoms with Crippen molar-refractivity contribution < 1.29 is 4.52 Å². The molecule has 3 heterocycles. The van der Waals surface area contributed by atoms with Gasteiger partial charge in [-0.2, -0.15) is 10.2 Å². The van der Waals surface area contributed by atoms with Crippen LogP contribution in [0.5, 0.6) is 0 Å². The zero-order valence-electron chi connectivity index (χ0n) is 15.0. The number of rotatable bonds is 5. The zero-order chi connectivity index (χ0) is 18.5. The third kappa shape index (κ3) is 4.13. The molecule has 0 amide bonds. The van der Waals surface area contributed by atoms with Crippen LogP contribution in [0.3, 0.4) is 0 Å². The van der Waals surface area contributed by atoms with E-state index >= 15 is 0 Å². The number of benzene rings is 1. The Hall–Kier alpha value is -3.24. The van der Waals surface area contributed by atoms with Gasteiger partial charge in [-0.1, -0.05) is 35.5 Å². The van der Waals surface area contributed by atoms with Crippen LogP contribution in [0, 0.1) is 11.3 Å². The Kier molecular flexibility index (Phi) is 5.08. The van der Waals surface area contributed by atoms with Crippen LogP contribution in [0.15, 0.2) is 53.2 Å². The normalized spacial score (nSPS) is 14.9. The minimum absolute atomic E-state index is 0.619. The van der Waals surface area contributed by atoms with Gasteiger partial charge in [0.25, 0.3) is 0 Å². The van der Waals surface area contributed by atoms with Crippen LogP contribution in [0.1, 0.15) is 22.8 Å². The van der Waals surface area contributed by atoms with Crippen molar-refractivity contribution in [1.29, 1.82) is 5.26 Å². The van der Waals surface area contributed by atoms with E-state index in [4.69, 9.17) is 4.52 Å². The molecule has 27 heavy (non-hydrogen) atoms. The molecule has 4 rings (SSSR count). The number of pyridine rings is 1. The van der Waals surface area contributed by atoms with Crippen LogP contribution < -0.4 is 4.90 Å². The standard InChI is InChI=1S/C20H20N6O/c21-14-17-7-4-8-22-20(17)26-11-9-25(10-12-26)15-19-23-18(24-27-19)13-16-5-2-1-3-6-16/h1-8H,9-13,15H2. The lowest BCUT2D eigenvalue weighted by Gasteiger charge is -2.34. The molecule has 0 spiro atoms. The summed E-state index contributed by atoms with van der Waals surface area (Å²) < 4.78 is 5.42. The predicted octanol–water partition coefficient (Wildman–Crippen LogP) is 2.25. The molecule has 0 N–H and O–H groups in total. The van der Waals surface area contributed by atoms with E-state index in [9.17, 15) is 5.26 Å². The van der Waals surface area contributed by atoms with E-state index in [-0.39, 0.29) is 0 Å². The molecule has 0 unspecified atom stereocenters. The molecule has 1 aromatic carbocycles. The molecule has 0 aliphatic carbocycles. The number of hydrogen-bond donors (Lipinski definition) is 0. The number of hydrogen-bond acceptors (Lipinski definition) is 7. The number of nitriles is 1. The van der Waals surface area contributed by atoms with Crippen molar-refractivity contribution in [3.63, 3.8) is 0 Å². The lowest BCUT2D eigenvalue weighted by Crippen LogP contribution is -2.46. The van der Waals surface area contributed by atoms with Crippen molar-refractivity contribution in [3.05, 3.63) is 71.5 Å². The number of piperazine rings is 1. The smallest absolute Gasteiger partial charge is 0.240 e. The van der Waals surface area contributed by atoms with E-state index in [1.165, 1.54) is 5.56 Å². The second-order valence-corrected chi connectivity index (χ2v) is 6.52. The van der Waals surface area contributed by atoms with Gasteiger partial charge in [0.05, 0.1) is 12.1 Å². The maximum Gasteiger partial charge on any atom is 0.240 e. The fourth-order valence-electron chi connectivity index (χ4n) is 3.25. The van der Waals surface area contributed by atoms with Gasteiger partial charge in [0, 0.05) is 38.8 Å². The van der Waals surface area contributed by atoms with Gasteiger partial charge in [0.2, 0.25) is 5.89 Å². The van der Waals surface area contributed by atoms with E-state index in [1.807, 2.05) is 18.2 Å². The zero-order valence-corrected chi connectivity index (χ0v) is 15.0. The second kappa shape index (κ2) is 7.98. The third-order valence-corrected chi connectivity index (χ3v) is 4.65. The van der Waals surface area contributed by atoms with Crippen LogP contribution in [0.4, 0.5) is 5.82 Å². The van der Waals surface area contributed by atoms with E-state index in [2.05, 4.69) is 43.1 Å². The van der Waals surface area contributed by atoms with E-state index in [1.54, 1.807) is 18.3 Å². The summed E-state index contributed by atoms with van der Waals surface area (Å²) in [6, 6.07) is 15.9. The predicted molar refractivity (Wildman–Crippen MR) is 100.0 cm³/mol. The quantitative estimate of drug-likeness (QED) is 0.690. The number of anilines is 1. The fraction of sp³-hybridized carbons (Fsp3) is 0.300. The highest BCUT2D eigenvalue weighted by molar-refractivity contribution is 5.53. The maximum atomic E-state index is 9.25. The minimum atomic E-state index is 0.619. The molecule has 0 radical (unpaired) electrons. The topological polar surface area (TPSA) is 82.1 Å². The van der Waals surface area contributed by atoms with E-state index in [0.29, 0.717) is 30.2 Å². The average Bonchev–Trinajstić information content (AvgIpc) is 3.16. The van der Waals surface area contributed by atoms with Crippen molar-refractivity contribution >= 4 is 5.82 Å². The van der Waals surface area contributed by atoms with Crippen LogP contribution in [0.25, 0.3) is 0 Å². The number of aromatic nitrogens is 3. The van der Waals surface area contributed by atoms with Crippen LogP contribution in [-0.4, -0.2) is 46.2 Å². The molecule has 1 aliphatic heterocycles. The summed E-state index contributed by atoms with van der Waals surface area (Å²) in [4.78, 5) is 13.3. The molecule has 0 atom stereocenters. The van der Waals surface area contributed by atoms with Crippen molar-refractivity contribution in [2.75, 3.05) is 31.1 Å². The molecule has 7 heteroatoms. The summed E-state index contributed by atoms with van der Waals surface area (Å²) in [5, 5.41) is 13.3. The summed E-state index contributed by atoms with van der Waals surface area (Å²) in [6.07, 6.45) is 2.41. The Bertz CT molecular complexity index is 925. The highest BCUT2D eigenvalue weighted by Gasteiger charge is 2.21. The highest BCUT2D eigenvalue weighted by atomic mass is 16.5. The van der Waals surface area contributed by atoms with Crippen LogP contribution in [0.2, 0.25) is 0 Å². The molecular formula is C20H20N6O. The first-order chi connectivity index (χ1) is 13.3. The lowest BCUT2D eigenvalue weighted by atomic mass is 10.1. The highest BCUT2D eigenvalue weighted by Crippen LogP contribution is 2.18. The summed E-state index contributed by atoms with van der Waals surface area (Å²) in [5.74, 6) is 2.12. The molecule has 1 fully saturated rings. The van der Waals surface area contributed by atoms with Gasteiger partial charge < -0.3 is 9.42 Å². The molecule has 136 valence electrons. The minimum Gasteiger partial charge on any atom is -0.353 e. The number of nitrogens with zero attached hydrogens (tertiary/aromatic N) is 6. The van der Waals surface area contributed by atoms with Gasteiger partial charge in [-0.05, 0) is 17.7 Å². The van der Waals surface area contributed by atoms with Gasteiger partial charge >= 0.3 is 0 Å². The van der Waals surface area contributed by atoms with Gasteiger partial charge in [-0.25, -0.2) is 4.98 Å². The monoisotopic (exact) mass is 360 g/mol. The van der Waals surface area contributed by atoms with Gasteiger partial charge in [-0.15, -0.1) is 0 Å². The van der Waals surface area contributed by atoms with Crippen molar-refractivity contribution in [2.45, 2.75) is 13.0 Å². The molecule has 7 nitrogen and oxygen atoms in total. The Morgan fingerprint density at radius 2 is 1.85 bits per heavy atom. The lowest BCUT2D eigenvalue weighted by molar-refractivity contribution is 0.215. The molecule has 0 saturated carbocycles. The maximum absolute atomic E-state index is 9.25. The third-order valence-electron chi connectivity index (χ3n) is 4.65. The van der Waals surface area contributed by atoms with Crippen molar-refractivity contribution in [2.24, 2.45) is 0 Å².